The van der Waals surface area contributed by atoms with Gasteiger partial charge in [0.25, 0.3) is 0 Å². The lowest BCUT2D eigenvalue weighted by Gasteiger charge is -2.38. The van der Waals surface area contributed by atoms with Gasteiger partial charge < -0.3 is 14.6 Å². The summed E-state index contributed by atoms with van der Waals surface area (Å²) in [6.07, 6.45) is 0. The fourth-order valence-corrected chi connectivity index (χ4v) is 2.18. The largest absolute Gasteiger partial charge is 0.496 e. The molecule has 4 nitrogen and oxygen atoms in total. The van der Waals surface area contributed by atoms with Gasteiger partial charge in [-0.3, -0.25) is 4.79 Å². The van der Waals surface area contributed by atoms with Gasteiger partial charge in [-0.05, 0) is 23.6 Å². The minimum absolute atomic E-state index is 0.103. The summed E-state index contributed by atoms with van der Waals surface area (Å²) < 4.78 is 10.4. The van der Waals surface area contributed by atoms with Crippen molar-refractivity contribution >= 4 is 5.78 Å². The zero-order valence-electron chi connectivity index (χ0n) is 11.6. The smallest absolute Gasteiger partial charge is 0.179 e. The van der Waals surface area contributed by atoms with Crippen LogP contribution in [0.25, 0.3) is 0 Å². The molecule has 0 atom stereocenters. The standard InChI is InChI=1S/C15H20O4/c1-10(2)11-4-5-12(13(6-11)18-3)14(17)15(7-16)8-19-9-15/h4-6,10,16H,7-9H2,1-3H3. The average molecular weight is 264 g/mol. The molecule has 1 fully saturated rings. The number of carbonyl (C=O) groups excluding carboxylic acids is 1. The first-order chi connectivity index (χ1) is 9.04. The molecule has 0 unspecified atom stereocenters. The van der Waals surface area contributed by atoms with Gasteiger partial charge in [-0.25, -0.2) is 0 Å². The fourth-order valence-electron chi connectivity index (χ4n) is 2.18. The van der Waals surface area contributed by atoms with Crippen LogP contribution >= 0.6 is 0 Å². The van der Waals surface area contributed by atoms with Crippen molar-refractivity contribution in [3.63, 3.8) is 0 Å². The number of benzene rings is 1. The molecule has 0 bridgehead atoms. The van der Waals surface area contributed by atoms with Crippen molar-refractivity contribution in [3.8, 4) is 5.75 Å². The molecule has 1 aliphatic heterocycles. The van der Waals surface area contributed by atoms with Gasteiger partial charge in [0.05, 0.1) is 32.5 Å². The molecule has 1 aliphatic rings. The van der Waals surface area contributed by atoms with Crippen molar-refractivity contribution < 1.29 is 19.4 Å². The van der Waals surface area contributed by atoms with Gasteiger partial charge in [-0.15, -0.1) is 0 Å². The summed E-state index contributed by atoms with van der Waals surface area (Å²) in [6, 6.07) is 5.61. The molecule has 0 amide bonds. The number of ketones is 1. The molecule has 2 rings (SSSR count). The maximum Gasteiger partial charge on any atom is 0.179 e. The van der Waals surface area contributed by atoms with E-state index in [1.807, 2.05) is 12.1 Å². The van der Waals surface area contributed by atoms with Crippen molar-refractivity contribution in [1.29, 1.82) is 0 Å². The van der Waals surface area contributed by atoms with E-state index < -0.39 is 5.41 Å². The van der Waals surface area contributed by atoms with Crippen LogP contribution in [-0.2, 0) is 4.74 Å². The van der Waals surface area contributed by atoms with Crippen molar-refractivity contribution in [1.82, 2.24) is 0 Å². The summed E-state index contributed by atoms with van der Waals surface area (Å²) in [5.74, 6) is 0.834. The Bertz CT molecular complexity index is 470. The van der Waals surface area contributed by atoms with Crippen molar-refractivity contribution in [3.05, 3.63) is 29.3 Å². The lowest BCUT2D eigenvalue weighted by molar-refractivity contribution is -0.109. The second-order valence-electron chi connectivity index (χ2n) is 5.37. The maximum atomic E-state index is 12.5. The number of hydrogen-bond acceptors (Lipinski definition) is 4. The van der Waals surface area contributed by atoms with E-state index in [2.05, 4.69) is 13.8 Å². The monoisotopic (exact) mass is 264 g/mol. The Morgan fingerprint density at radius 3 is 2.58 bits per heavy atom. The van der Waals surface area contributed by atoms with Gasteiger partial charge in [0.15, 0.2) is 5.78 Å². The molecule has 1 aromatic carbocycles. The number of hydrogen-bond donors (Lipinski definition) is 1. The number of aliphatic hydroxyl groups excluding tert-OH is 1. The summed E-state index contributed by atoms with van der Waals surface area (Å²) in [7, 11) is 1.55. The average Bonchev–Trinajstić information content (AvgIpc) is 2.37. The van der Waals surface area contributed by atoms with Gasteiger partial charge in [-0.1, -0.05) is 19.9 Å². The number of methoxy groups -OCH3 is 1. The predicted octanol–water partition coefficient (Wildman–Crippen LogP) is 2.01. The molecule has 1 aromatic rings. The topological polar surface area (TPSA) is 55.8 Å². The zero-order chi connectivity index (χ0) is 14.0. The van der Waals surface area contributed by atoms with Gasteiger partial charge in [-0.2, -0.15) is 0 Å². The first-order valence-corrected chi connectivity index (χ1v) is 6.45. The minimum atomic E-state index is -0.785. The minimum Gasteiger partial charge on any atom is -0.496 e. The lowest BCUT2D eigenvalue weighted by Crippen LogP contribution is -2.51. The van der Waals surface area contributed by atoms with Gasteiger partial charge in [0.2, 0.25) is 0 Å². The molecule has 1 saturated heterocycles. The second kappa shape index (κ2) is 5.31. The highest BCUT2D eigenvalue weighted by Crippen LogP contribution is 2.35. The first kappa shape index (κ1) is 14.0. The molecule has 1 N–H and O–H groups in total. The van der Waals surface area contributed by atoms with E-state index in [0.717, 1.165) is 5.56 Å². The van der Waals surface area contributed by atoms with Crippen molar-refractivity contribution in [2.75, 3.05) is 26.9 Å². The van der Waals surface area contributed by atoms with Crippen LogP contribution in [0.4, 0.5) is 0 Å². The number of ether oxygens (including phenoxy) is 2. The quantitative estimate of drug-likeness (QED) is 0.827. The number of rotatable bonds is 5. The Labute approximate surface area is 113 Å². The lowest BCUT2D eigenvalue weighted by atomic mass is 9.78. The van der Waals surface area contributed by atoms with Crippen molar-refractivity contribution in [2.45, 2.75) is 19.8 Å². The molecular weight excluding hydrogens is 244 g/mol. The van der Waals surface area contributed by atoms with Crippen LogP contribution in [0.2, 0.25) is 0 Å². The molecule has 0 radical (unpaired) electrons. The number of carbonyl (C=O) groups is 1. The van der Waals surface area contributed by atoms with Gasteiger partial charge >= 0.3 is 0 Å². The zero-order valence-corrected chi connectivity index (χ0v) is 11.6. The molecule has 104 valence electrons. The third-order valence-corrected chi connectivity index (χ3v) is 3.68. The van der Waals surface area contributed by atoms with Crippen LogP contribution < -0.4 is 4.74 Å². The number of aliphatic hydroxyl groups is 1. The molecular formula is C15H20O4. The highest BCUT2D eigenvalue weighted by Gasteiger charge is 2.46. The SMILES string of the molecule is COc1cc(C(C)C)ccc1C(=O)C1(CO)COC1. The first-order valence-electron chi connectivity index (χ1n) is 6.45. The van der Waals surface area contributed by atoms with Gasteiger partial charge in [0, 0.05) is 0 Å². The Hall–Kier alpha value is -1.39. The second-order valence-corrected chi connectivity index (χ2v) is 5.37. The summed E-state index contributed by atoms with van der Waals surface area (Å²) >= 11 is 0. The molecule has 1 heterocycles. The van der Waals surface area contributed by atoms with Crippen molar-refractivity contribution in [2.24, 2.45) is 5.41 Å². The van der Waals surface area contributed by atoms with Crippen LogP contribution in [0.15, 0.2) is 18.2 Å². The third kappa shape index (κ3) is 2.38. The van der Waals surface area contributed by atoms with Crippen LogP contribution in [0, 0.1) is 5.41 Å². The molecule has 4 heteroatoms. The Kier molecular flexibility index (Phi) is 3.92. The van der Waals surface area contributed by atoms with Gasteiger partial charge in [0.1, 0.15) is 11.2 Å². The number of Topliss-reactive ketones (excluding diaryl/α,β-unsaturated/α-hetero) is 1. The van der Waals surface area contributed by atoms with E-state index in [1.165, 1.54) is 0 Å². The Morgan fingerprint density at radius 2 is 2.16 bits per heavy atom. The van der Waals surface area contributed by atoms with E-state index in [1.54, 1.807) is 13.2 Å². The predicted molar refractivity (Wildman–Crippen MR) is 71.8 cm³/mol. The van der Waals surface area contributed by atoms with Crippen LogP contribution in [0.1, 0.15) is 35.7 Å². The molecule has 19 heavy (non-hydrogen) atoms. The highest BCUT2D eigenvalue weighted by atomic mass is 16.5. The summed E-state index contributed by atoms with van der Waals surface area (Å²) in [4.78, 5) is 12.5. The molecule has 0 aliphatic carbocycles. The van der Waals surface area contributed by atoms with Crippen LogP contribution in [0.5, 0.6) is 5.75 Å². The van der Waals surface area contributed by atoms with Crippen LogP contribution in [0.3, 0.4) is 0 Å². The van der Waals surface area contributed by atoms with Crippen LogP contribution in [-0.4, -0.2) is 37.8 Å². The van der Waals surface area contributed by atoms with E-state index in [4.69, 9.17) is 9.47 Å². The normalized spacial score (nSPS) is 17.1. The van der Waals surface area contributed by atoms with E-state index in [0.29, 0.717) is 17.2 Å². The summed E-state index contributed by atoms with van der Waals surface area (Å²) in [5.41, 5.74) is 0.854. The van der Waals surface area contributed by atoms with E-state index in [-0.39, 0.29) is 25.6 Å². The van der Waals surface area contributed by atoms with E-state index in [9.17, 15) is 9.90 Å². The molecule has 0 spiro atoms. The highest BCUT2D eigenvalue weighted by molar-refractivity contribution is 6.03. The molecule has 0 saturated carbocycles. The fraction of sp³-hybridized carbons (Fsp3) is 0.533. The summed E-state index contributed by atoms with van der Waals surface area (Å²) in [6.45, 7) is 4.53. The Balaban J connectivity index is 2.36. The maximum absolute atomic E-state index is 12.5. The Morgan fingerprint density at radius 1 is 1.47 bits per heavy atom. The molecule has 0 aromatic heterocycles. The third-order valence-electron chi connectivity index (χ3n) is 3.68. The summed E-state index contributed by atoms with van der Waals surface area (Å²) in [5, 5.41) is 9.43. The van der Waals surface area contributed by atoms with E-state index >= 15 is 0 Å².